The van der Waals surface area contributed by atoms with E-state index in [0.29, 0.717) is 11.8 Å². The van der Waals surface area contributed by atoms with Crippen molar-refractivity contribution >= 4 is 0 Å². The van der Waals surface area contributed by atoms with E-state index in [1.54, 1.807) is 7.11 Å². The summed E-state index contributed by atoms with van der Waals surface area (Å²) in [6, 6.07) is 10.5. The fraction of sp³-hybridized carbons (Fsp3) is 0.533. The van der Waals surface area contributed by atoms with E-state index in [4.69, 9.17) is 10.00 Å². The smallest absolute Gasteiger partial charge is 0.119 e. The van der Waals surface area contributed by atoms with Crippen molar-refractivity contribution in [3.8, 4) is 11.8 Å². The van der Waals surface area contributed by atoms with Gasteiger partial charge in [0.1, 0.15) is 5.75 Å². The largest absolute Gasteiger partial charge is 0.497 e. The van der Waals surface area contributed by atoms with Crippen molar-refractivity contribution in [2.45, 2.75) is 25.7 Å². The molecule has 3 nitrogen and oxygen atoms in total. The van der Waals surface area contributed by atoms with Crippen molar-refractivity contribution in [2.75, 3.05) is 20.2 Å². The Morgan fingerprint density at radius 3 is 2.94 bits per heavy atom. The molecule has 96 valence electrons. The molecule has 1 fully saturated rings. The Morgan fingerprint density at radius 2 is 2.28 bits per heavy atom. The maximum atomic E-state index is 8.74. The zero-order chi connectivity index (χ0) is 12.8. The summed E-state index contributed by atoms with van der Waals surface area (Å²) < 4.78 is 5.20. The number of nitrogens with one attached hydrogen (secondary N) is 1. The summed E-state index contributed by atoms with van der Waals surface area (Å²) in [5, 5.41) is 12.2. The van der Waals surface area contributed by atoms with Crippen LogP contribution in [0.15, 0.2) is 24.3 Å². The summed E-state index contributed by atoms with van der Waals surface area (Å²) in [5.41, 5.74) is 1.58. The van der Waals surface area contributed by atoms with E-state index < -0.39 is 0 Å². The van der Waals surface area contributed by atoms with Crippen LogP contribution in [0, 0.1) is 16.7 Å². The first-order valence-corrected chi connectivity index (χ1v) is 6.49. The maximum Gasteiger partial charge on any atom is 0.119 e. The Hall–Kier alpha value is -1.53. The first-order chi connectivity index (χ1) is 8.78. The molecule has 3 heteroatoms. The molecule has 1 aromatic carbocycles. The van der Waals surface area contributed by atoms with E-state index >= 15 is 0 Å². The first-order valence-electron chi connectivity index (χ1n) is 6.49. The van der Waals surface area contributed by atoms with Crippen LogP contribution in [0.1, 0.15) is 24.8 Å². The Morgan fingerprint density at radius 1 is 1.44 bits per heavy atom. The highest BCUT2D eigenvalue weighted by molar-refractivity contribution is 5.28. The minimum Gasteiger partial charge on any atom is -0.497 e. The van der Waals surface area contributed by atoms with Gasteiger partial charge in [0.05, 0.1) is 13.2 Å². The standard InChI is InChI=1S/C15H20N2O/c1-18-14-4-2-3-13(11-14)5-10-17-12-15(6-7-15)8-9-16/h2-4,11,17H,5-8,10,12H2,1H3. The molecular weight excluding hydrogens is 224 g/mol. The fourth-order valence-electron chi connectivity index (χ4n) is 2.17. The molecule has 0 unspecified atom stereocenters. The number of nitriles is 1. The highest BCUT2D eigenvalue weighted by Crippen LogP contribution is 2.47. The lowest BCUT2D eigenvalue weighted by Crippen LogP contribution is -2.25. The Balaban J connectivity index is 1.71. The van der Waals surface area contributed by atoms with Crippen molar-refractivity contribution < 1.29 is 4.74 Å². The lowest BCUT2D eigenvalue weighted by atomic mass is 10.0. The second-order valence-electron chi connectivity index (χ2n) is 5.11. The molecule has 1 aliphatic carbocycles. The molecule has 0 amide bonds. The van der Waals surface area contributed by atoms with Crippen LogP contribution in [-0.4, -0.2) is 20.2 Å². The summed E-state index contributed by atoms with van der Waals surface area (Å²) >= 11 is 0. The molecule has 2 rings (SSSR count). The van der Waals surface area contributed by atoms with Gasteiger partial charge < -0.3 is 10.1 Å². The van der Waals surface area contributed by atoms with Crippen molar-refractivity contribution in [2.24, 2.45) is 5.41 Å². The third-order valence-corrected chi connectivity index (χ3v) is 3.64. The zero-order valence-electron chi connectivity index (χ0n) is 10.9. The predicted molar refractivity (Wildman–Crippen MR) is 71.5 cm³/mol. The number of hydrogen-bond acceptors (Lipinski definition) is 3. The Labute approximate surface area is 109 Å². The van der Waals surface area contributed by atoms with Crippen LogP contribution in [0.3, 0.4) is 0 Å². The van der Waals surface area contributed by atoms with Crippen LogP contribution in [0.4, 0.5) is 0 Å². The summed E-state index contributed by atoms with van der Waals surface area (Å²) in [6.45, 7) is 1.94. The van der Waals surface area contributed by atoms with Gasteiger partial charge in [-0.1, -0.05) is 12.1 Å². The molecule has 18 heavy (non-hydrogen) atoms. The molecule has 0 heterocycles. The maximum absolute atomic E-state index is 8.74. The lowest BCUT2D eigenvalue weighted by molar-refractivity contribution is 0.414. The van der Waals surface area contributed by atoms with Gasteiger partial charge in [-0.3, -0.25) is 0 Å². The number of ether oxygens (including phenoxy) is 1. The number of hydrogen-bond donors (Lipinski definition) is 1. The van der Waals surface area contributed by atoms with Crippen LogP contribution in [0.25, 0.3) is 0 Å². The number of nitrogens with zero attached hydrogens (tertiary/aromatic N) is 1. The van der Waals surface area contributed by atoms with Crippen molar-refractivity contribution in [1.82, 2.24) is 5.32 Å². The first kappa shape index (κ1) is 12.9. The van der Waals surface area contributed by atoms with Crippen LogP contribution in [0.5, 0.6) is 5.75 Å². The Kier molecular flexibility index (Phi) is 4.22. The van der Waals surface area contributed by atoms with E-state index in [0.717, 1.165) is 25.3 Å². The summed E-state index contributed by atoms with van der Waals surface area (Å²) in [4.78, 5) is 0. The predicted octanol–water partition coefficient (Wildman–Crippen LogP) is 2.52. The highest BCUT2D eigenvalue weighted by atomic mass is 16.5. The van der Waals surface area contributed by atoms with Crippen LogP contribution >= 0.6 is 0 Å². The monoisotopic (exact) mass is 244 g/mol. The summed E-state index contributed by atoms with van der Waals surface area (Å²) in [5.74, 6) is 0.913. The molecule has 0 atom stereocenters. The third-order valence-electron chi connectivity index (χ3n) is 3.64. The van der Waals surface area contributed by atoms with Crippen LogP contribution in [-0.2, 0) is 6.42 Å². The van der Waals surface area contributed by atoms with E-state index in [1.807, 2.05) is 12.1 Å². The minimum absolute atomic E-state index is 0.295. The molecule has 0 aliphatic heterocycles. The molecule has 1 aromatic rings. The number of methoxy groups -OCH3 is 1. The number of rotatable bonds is 7. The van der Waals surface area contributed by atoms with Crippen LogP contribution < -0.4 is 10.1 Å². The molecule has 1 N–H and O–H groups in total. The average Bonchev–Trinajstić information content (AvgIpc) is 3.16. The second kappa shape index (κ2) is 5.88. The van der Waals surface area contributed by atoms with Gasteiger partial charge in [0.15, 0.2) is 0 Å². The van der Waals surface area contributed by atoms with Gasteiger partial charge in [-0.15, -0.1) is 0 Å². The summed E-state index contributed by atoms with van der Waals surface area (Å²) in [7, 11) is 1.69. The normalized spacial score (nSPS) is 16.0. The molecule has 1 aliphatic rings. The van der Waals surface area contributed by atoms with E-state index in [-0.39, 0.29) is 0 Å². The average molecular weight is 244 g/mol. The molecule has 0 spiro atoms. The van der Waals surface area contributed by atoms with Gasteiger partial charge in [0, 0.05) is 13.0 Å². The fourth-order valence-corrected chi connectivity index (χ4v) is 2.17. The third kappa shape index (κ3) is 3.48. The van der Waals surface area contributed by atoms with Crippen molar-refractivity contribution in [1.29, 1.82) is 5.26 Å². The SMILES string of the molecule is COc1cccc(CCNCC2(CC#N)CC2)c1. The topological polar surface area (TPSA) is 45.0 Å². The van der Waals surface area contributed by atoms with Gasteiger partial charge in [-0.05, 0) is 48.9 Å². The van der Waals surface area contributed by atoms with Crippen molar-refractivity contribution in [3.05, 3.63) is 29.8 Å². The van der Waals surface area contributed by atoms with E-state index in [2.05, 4.69) is 23.5 Å². The molecule has 1 saturated carbocycles. The van der Waals surface area contributed by atoms with Gasteiger partial charge >= 0.3 is 0 Å². The molecule has 0 aromatic heterocycles. The lowest BCUT2D eigenvalue weighted by Gasteiger charge is -2.12. The molecule has 0 saturated heterocycles. The van der Waals surface area contributed by atoms with Gasteiger partial charge in [-0.25, -0.2) is 0 Å². The minimum atomic E-state index is 0.295. The summed E-state index contributed by atoms with van der Waals surface area (Å²) in [6.07, 6.45) is 4.10. The number of benzene rings is 1. The second-order valence-corrected chi connectivity index (χ2v) is 5.11. The van der Waals surface area contributed by atoms with Crippen molar-refractivity contribution in [3.63, 3.8) is 0 Å². The molecule has 0 radical (unpaired) electrons. The molecular formula is C15H20N2O. The molecule has 0 bridgehead atoms. The van der Waals surface area contributed by atoms with Crippen LogP contribution in [0.2, 0.25) is 0 Å². The van der Waals surface area contributed by atoms with E-state index in [1.165, 1.54) is 18.4 Å². The van der Waals surface area contributed by atoms with Gasteiger partial charge in [0.2, 0.25) is 0 Å². The zero-order valence-corrected chi connectivity index (χ0v) is 10.9. The Bertz CT molecular complexity index is 432. The van der Waals surface area contributed by atoms with Gasteiger partial charge in [-0.2, -0.15) is 5.26 Å². The highest BCUT2D eigenvalue weighted by Gasteiger charge is 2.41. The van der Waals surface area contributed by atoms with E-state index in [9.17, 15) is 0 Å². The van der Waals surface area contributed by atoms with Gasteiger partial charge in [0.25, 0.3) is 0 Å². The quantitative estimate of drug-likeness (QED) is 0.750.